The molecule has 0 bridgehead atoms. The molecule has 0 saturated carbocycles. The smallest absolute Gasteiger partial charge is 0.0462 e. The molecule has 1 nitrogen and oxygen atoms in total. The molecule has 1 atom stereocenters. The fraction of sp³-hybridized carbons (Fsp3) is 0.250. The molecule has 0 spiro atoms. The summed E-state index contributed by atoms with van der Waals surface area (Å²) in [4.78, 5) is 0. The van der Waals surface area contributed by atoms with Gasteiger partial charge in [-0.3, -0.25) is 0 Å². The second-order valence-electron chi connectivity index (χ2n) is 4.91. The molecule has 0 fully saturated rings. The molecule has 19 heavy (non-hydrogen) atoms. The fourth-order valence-corrected chi connectivity index (χ4v) is 3.41. The van der Waals surface area contributed by atoms with Gasteiger partial charge in [-0.15, -0.1) is 0 Å². The standard InChI is InChI=1S/C16H15BrClN/c17-13-7-5-12(15(18)9-13)10-19-16-8-6-11-3-1-2-4-14(11)16/h1-5,7,9,16,19H,6,8,10H2. The summed E-state index contributed by atoms with van der Waals surface area (Å²) >= 11 is 9.68. The molecular weight excluding hydrogens is 322 g/mol. The highest BCUT2D eigenvalue weighted by Gasteiger charge is 2.21. The molecule has 98 valence electrons. The number of halogens is 2. The van der Waals surface area contributed by atoms with Crippen LogP contribution in [0.25, 0.3) is 0 Å². The molecule has 0 aromatic heterocycles. The summed E-state index contributed by atoms with van der Waals surface area (Å²) in [6, 6.07) is 15.2. The summed E-state index contributed by atoms with van der Waals surface area (Å²) in [7, 11) is 0. The Kier molecular flexibility index (Phi) is 3.92. The quantitative estimate of drug-likeness (QED) is 0.842. The van der Waals surface area contributed by atoms with E-state index < -0.39 is 0 Å². The topological polar surface area (TPSA) is 12.0 Å². The van der Waals surface area contributed by atoms with E-state index in [-0.39, 0.29) is 0 Å². The van der Waals surface area contributed by atoms with Crippen molar-refractivity contribution in [2.75, 3.05) is 0 Å². The summed E-state index contributed by atoms with van der Waals surface area (Å²) < 4.78 is 1.02. The predicted molar refractivity (Wildman–Crippen MR) is 83.5 cm³/mol. The zero-order valence-electron chi connectivity index (χ0n) is 10.5. The third kappa shape index (κ3) is 2.86. The van der Waals surface area contributed by atoms with Gasteiger partial charge in [0.15, 0.2) is 0 Å². The molecule has 2 aromatic carbocycles. The largest absolute Gasteiger partial charge is 0.306 e. The zero-order chi connectivity index (χ0) is 13.2. The summed E-state index contributed by atoms with van der Waals surface area (Å²) in [5.41, 5.74) is 4.06. The average Bonchev–Trinajstić information content (AvgIpc) is 2.81. The lowest BCUT2D eigenvalue weighted by Crippen LogP contribution is -2.18. The lowest BCUT2D eigenvalue weighted by molar-refractivity contribution is 0.530. The molecule has 3 heteroatoms. The lowest BCUT2D eigenvalue weighted by atomic mass is 10.1. The van der Waals surface area contributed by atoms with Gasteiger partial charge in [0.25, 0.3) is 0 Å². The minimum atomic E-state index is 0.455. The van der Waals surface area contributed by atoms with Crippen LogP contribution < -0.4 is 5.32 Å². The number of hydrogen-bond donors (Lipinski definition) is 1. The van der Waals surface area contributed by atoms with Crippen molar-refractivity contribution in [3.63, 3.8) is 0 Å². The number of aryl methyl sites for hydroxylation is 1. The Hall–Kier alpha value is -0.830. The van der Waals surface area contributed by atoms with E-state index in [0.717, 1.165) is 21.6 Å². The predicted octanol–water partition coefficient (Wildman–Crippen LogP) is 4.88. The minimum Gasteiger partial charge on any atom is -0.306 e. The maximum atomic E-state index is 6.25. The van der Waals surface area contributed by atoms with Crippen molar-refractivity contribution in [2.45, 2.75) is 25.4 Å². The zero-order valence-corrected chi connectivity index (χ0v) is 12.8. The Bertz CT molecular complexity index is 597. The highest BCUT2D eigenvalue weighted by Crippen LogP contribution is 2.31. The van der Waals surface area contributed by atoms with Crippen molar-refractivity contribution >= 4 is 27.5 Å². The van der Waals surface area contributed by atoms with E-state index in [9.17, 15) is 0 Å². The Balaban J connectivity index is 1.71. The second kappa shape index (κ2) is 5.66. The van der Waals surface area contributed by atoms with Gasteiger partial charge in [-0.1, -0.05) is 57.9 Å². The number of benzene rings is 2. The van der Waals surface area contributed by atoms with Crippen LogP contribution in [0.2, 0.25) is 5.02 Å². The van der Waals surface area contributed by atoms with Crippen LogP contribution in [-0.2, 0) is 13.0 Å². The number of rotatable bonds is 3. The van der Waals surface area contributed by atoms with Crippen molar-refractivity contribution in [3.8, 4) is 0 Å². The van der Waals surface area contributed by atoms with Crippen molar-refractivity contribution in [2.24, 2.45) is 0 Å². The molecule has 0 aliphatic heterocycles. The number of fused-ring (bicyclic) bond motifs is 1. The van der Waals surface area contributed by atoms with Gasteiger partial charge < -0.3 is 5.32 Å². The van der Waals surface area contributed by atoms with Gasteiger partial charge in [0.1, 0.15) is 0 Å². The fourth-order valence-electron chi connectivity index (χ4n) is 2.67. The van der Waals surface area contributed by atoms with E-state index in [0.29, 0.717) is 6.04 Å². The van der Waals surface area contributed by atoms with E-state index in [1.807, 2.05) is 12.1 Å². The molecule has 1 unspecified atom stereocenters. The van der Waals surface area contributed by atoms with Crippen molar-refractivity contribution < 1.29 is 0 Å². The molecule has 1 aliphatic rings. The average molecular weight is 337 g/mol. The van der Waals surface area contributed by atoms with Crippen LogP contribution in [0.5, 0.6) is 0 Å². The SMILES string of the molecule is Clc1cc(Br)ccc1CNC1CCc2ccccc21. The minimum absolute atomic E-state index is 0.455. The van der Waals surface area contributed by atoms with Gasteiger partial charge in [-0.05, 0) is 41.7 Å². The first-order chi connectivity index (χ1) is 9.24. The first-order valence-electron chi connectivity index (χ1n) is 6.49. The first-order valence-corrected chi connectivity index (χ1v) is 7.66. The van der Waals surface area contributed by atoms with Gasteiger partial charge >= 0.3 is 0 Å². The van der Waals surface area contributed by atoms with Crippen molar-refractivity contribution in [3.05, 3.63) is 68.7 Å². The van der Waals surface area contributed by atoms with E-state index in [1.54, 1.807) is 0 Å². The molecule has 1 aliphatic carbocycles. The summed E-state index contributed by atoms with van der Waals surface area (Å²) in [6.45, 7) is 0.811. The highest BCUT2D eigenvalue weighted by molar-refractivity contribution is 9.10. The maximum absolute atomic E-state index is 6.25. The Labute approximate surface area is 127 Å². The first kappa shape index (κ1) is 13.2. The summed E-state index contributed by atoms with van der Waals surface area (Å²) in [5, 5.41) is 4.43. The van der Waals surface area contributed by atoms with Crippen LogP contribution in [0.15, 0.2) is 46.9 Å². The third-order valence-electron chi connectivity index (χ3n) is 3.69. The van der Waals surface area contributed by atoms with Crippen molar-refractivity contribution in [1.29, 1.82) is 0 Å². The van der Waals surface area contributed by atoms with Gasteiger partial charge in [0.2, 0.25) is 0 Å². The monoisotopic (exact) mass is 335 g/mol. The molecule has 1 N–H and O–H groups in total. The van der Waals surface area contributed by atoms with Gasteiger partial charge in [0.05, 0.1) is 0 Å². The Morgan fingerprint density at radius 2 is 2.05 bits per heavy atom. The van der Waals surface area contributed by atoms with E-state index >= 15 is 0 Å². The van der Waals surface area contributed by atoms with E-state index in [1.165, 1.54) is 24.0 Å². The highest BCUT2D eigenvalue weighted by atomic mass is 79.9. The lowest BCUT2D eigenvalue weighted by Gasteiger charge is -2.15. The maximum Gasteiger partial charge on any atom is 0.0462 e. The summed E-state index contributed by atoms with van der Waals surface area (Å²) in [5.74, 6) is 0. The summed E-state index contributed by atoms with van der Waals surface area (Å²) in [6.07, 6.45) is 2.34. The molecule has 0 heterocycles. The van der Waals surface area contributed by atoms with E-state index in [2.05, 4.69) is 51.6 Å². The molecular formula is C16H15BrClN. The normalized spacial score (nSPS) is 17.5. The third-order valence-corrected chi connectivity index (χ3v) is 4.53. The van der Waals surface area contributed by atoms with Crippen LogP contribution in [0, 0.1) is 0 Å². The Morgan fingerprint density at radius 3 is 2.89 bits per heavy atom. The van der Waals surface area contributed by atoms with E-state index in [4.69, 9.17) is 11.6 Å². The van der Waals surface area contributed by atoms with Crippen molar-refractivity contribution in [1.82, 2.24) is 5.32 Å². The molecule has 2 aromatic rings. The number of nitrogens with one attached hydrogen (secondary N) is 1. The van der Waals surface area contributed by atoms with Crippen LogP contribution in [-0.4, -0.2) is 0 Å². The molecule has 0 saturated heterocycles. The van der Waals surface area contributed by atoms with Crippen LogP contribution in [0.3, 0.4) is 0 Å². The van der Waals surface area contributed by atoms with Crippen LogP contribution in [0.1, 0.15) is 29.2 Å². The molecule has 0 radical (unpaired) electrons. The van der Waals surface area contributed by atoms with Crippen LogP contribution in [0.4, 0.5) is 0 Å². The Morgan fingerprint density at radius 1 is 1.21 bits per heavy atom. The second-order valence-corrected chi connectivity index (χ2v) is 6.23. The number of hydrogen-bond acceptors (Lipinski definition) is 1. The van der Waals surface area contributed by atoms with Gasteiger partial charge in [0, 0.05) is 22.1 Å². The van der Waals surface area contributed by atoms with Crippen LogP contribution >= 0.6 is 27.5 Å². The molecule has 0 amide bonds. The van der Waals surface area contributed by atoms with Gasteiger partial charge in [-0.2, -0.15) is 0 Å². The van der Waals surface area contributed by atoms with Gasteiger partial charge in [-0.25, -0.2) is 0 Å². The molecule has 3 rings (SSSR count).